The van der Waals surface area contributed by atoms with E-state index in [0.717, 1.165) is 29.4 Å². The number of rotatable bonds is 8. The second kappa shape index (κ2) is 8.97. The number of nitrogens with zero attached hydrogens (tertiary/aromatic N) is 2. The maximum Gasteiger partial charge on any atom is 0.130 e. The van der Waals surface area contributed by atoms with Crippen molar-refractivity contribution in [3.8, 4) is 11.5 Å². The van der Waals surface area contributed by atoms with Gasteiger partial charge in [-0.15, -0.1) is 11.8 Å². The van der Waals surface area contributed by atoms with Crippen LogP contribution < -0.4 is 14.8 Å². The summed E-state index contributed by atoms with van der Waals surface area (Å²) in [6, 6.07) is 14.4. The summed E-state index contributed by atoms with van der Waals surface area (Å²) in [5.41, 5.74) is 2.27. The summed E-state index contributed by atoms with van der Waals surface area (Å²) >= 11 is 1.75. The summed E-state index contributed by atoms with van der Waals surface area (Å²) in [6.45, 7) is 0.728. The van der Waals surface area contributed by atoms with Crippen LogP contribution in [0.4, 0.5) is 0 Å². The number of hydrogen-bond donors (Lipinski definition) is 1. The smallest absolute Gasteiger partial charge is 0.130 e. The predicted octanol–water partition coefficient (Wildman–Crippen LogP) is 4.04. The number of benzene rings is 2. The normalized spacial score (nSPS) is 12.0. The third-order valence-electron chi connectivity index (χ3n) is 4.49. The number of ether oxygens (including phenoxy) is 2. The summed E-state index contributed by atoms with van der Waals surface area (Å²) in [7, 11) is 5.33. The number of thioether (sulfide) groups is 1. The van der Waals surface area contributed by atoms with Crippen molar-refractivity contribution in [2.45, 2.75) is 17.5 Å². The first kappa shape index (κ1) is 19.3. The van der Waals surface area contributed by atoms with Crippen molar-refractivity contribution in [2.75, 3.05) is 20.5 Å². The Labute approximate surface area is 164 Å². The van der Waals surface area contributed by atoms with E-state index in [1.54, 1.807) is 26.0 Å². The molecule has 2 aromatic carbocycles. The lowest BCUT2D eigenvalue weighted by molar-refractivity contribution is 0.392. The Morgan fingerprint density at radius 2 is 1.74 bits per heavy atom. The van der Waals surface area contributed by atoms with E-state index in [2.05, 4.69) is 40.8 Å². The van der Waals surface area contributed by atoms with Gasteiger partial charge >= 0.3 is 0 Å². The molecule has 0 amide bonds. The van der Waals surface area contributed by atoms with Gasteiger partial charge in [0, 0.05) is 36.9 Å². The van der Waals surface area contributed by atoms with Gasteiger partial charge in [0.1, 0.15) is 17.3 Å². The first-order chi connectivity index (χ1) is 13.1. The van der Waals surface area contributed by atoms with E-state index in [1.165, 1.54) is 10.5 Å². The molecule has 142 valence electrons. The Morgan fingerprint density at radius 3 is 2.26 bits per heavy atom. The molecule has 0 spiro atoms. The second-order valence-corrected chi connectivity index (χ2v) is 7.08. The van der Waals surface area contributed by atoms with Gasteiger partial charge in [0.2, 0.25) is 0 Å². The molecule has 3 rings (SSSR count). The monoisotopic (exact) mass is 383 g/mol. The van der Waals surface area contributed by atoms with Crippen molar-refractivity contribution in [1.82, 2.24) is 14.9 Å². The third-order valence-corrected chi connectivity index (χ3v) is 5.24. The predicted molar refractivity (Wildman–Crippen MR) is 110 cm³/mol. The highest BCUT2D eigenvalue weighted by atomic mass is 32.2. The topological polar surface area (TPSA) is 48.3 Å². The van der Waals surface area contributed by atoms with Crippen molar-refractivity contribution < 1.29 is 9.47 Å². The average Bonchev–Trinajstić information content (AvgIpc) is 3.14. The van der Waals surface area contributed by atoms with Crippen LogP contribution in [0, 0.1) is 0 Å². The summed E-state index contributed by atoms with van der Waals surface area (Å²) < 4.78 is 12.9. The highest BCUT2D eigenvalue weighted by molar-refractivity contribution is 7.98. The fourth-order valence-corrected chi connectivity index (χ4v) is 3.38. The van der Waals surface area contributed by atoms with Gasteiger partial charge in [0.05, 0.1) is 20.3 Å². The Kier molecular flexibility index (Phi) is 6.42. The molecule has 0 aliphatic carbocycles. The molecule has 0 radical (unpaired) electrons. The van der Waals surface area contributed by atoms with E-state index in [4.69, 9.17) is 9.47 Å². The minimum Gasteiger partial charge on any atom is -0.497 e. The second-order valence-electron chi connectivity index (χ2n) is 6.20. The Balaban J connectivity index is 1.91. The van der Waals surface area contributed by atoms with Crippen LogP contribution in [0.3, 0.4) is 0 Å². The maximum absolute atomic E-state index is 5.45. The van der Waals surface area contributed by atoms with E-state index in [9.17, 15) is 0 Å². The highest BCUT2D eigenvalue weighted by Gasteiger charge is 2.20. The molecule has 0 aliphatic rings. The lowest BCUT2D eigenvalue weighted by atomic mass is 10.0. The zero-order chi connectivity index (χ0) is 19.2. The van der Waals surface area contributed by atoms with Gasteiger partial charge in [-0.3, -0.25) is 5.32 Å². The molecule has 0 saturated carbocycles. The van der Waals surface area contributed by atoms with Gasteiger partial charge in [-0.2, -0.15) is 0 Å². The van der Waals surface area contributed by atoms with Crippen LogP contribution in [-0.4, -0.2) is 30.0 Å². The third kappa shape index (κ3) is 4.64. The van der Waals surface area contributed by atoms with Crippen LogP contribution in [0.25, 0.3) is 0 Å². The molecule has 1 aromatic heterocycles. The Bertz CT molecular complexity index is 855. The van der Waals surface area contributed by atoms with E-state index in [1.807, 2.05) is 42.2 Å². The molecular formula is C21H25N3O2S. The van der Waals surface area contributed by atoms with E-state index < -0.39 is 0 Å². The Hall–Kier alpha value is -2.44. The fourth-order valence-electron chi connectivity index (χ4n) is 2.97. The number of hydrogen-bond acceptors (Lipinski definition) is 5. The lowest BCUT2D eigenvalue weighted by Gasteiger charge is -2.21. The lowest BCUT2D eigenvalue weighted by Crippen LogP contribution is -2.25. The fraction of sp³-hybridized carbons (Fsp3) is 0.286. The molecule has 6 heteroatoms. The minimum absolute atomic E-state index is 0.0887. The van der Waals surface area contributed by atoms with Gasteiger partial charge in [-0.1, -0.05) is 12.1 Å². The number of aromatic nitrogens is 2. The van der Waals surface area contributed by atoms with Gasteiger partial charge in [0.25, 0.3) is 0 Å². The SMILES string of the molecule is COc1cc(OC)cc(C(NCc2ccc(SC)cc2)c2nccn2C)c1. The zero-order valence-corrected chi connectivity index (χ0v) is 16.9. The van der Waals surface area contributed by atoms with Gasteiger partial charge in [0.15, 0.2) is 0 Å². The molecule has 1 atom stereocenters. The molecule has 27 heavy (non-hydrogen) atoms. The largest absolute Gasteiger partial charge is 0.497 e. The molecule has 1 unspecified atom stereocenters. The molecule has 1 N–H and O–H groups in total. The molecule has 0 fully saturated rings. The number of imidazole rings is 1. The summed E-state index contributed by atoms with van der Waals surface area (Å²) in [5.74, 6) is 2.45. The quantitative estimate of drug-likeness (QED) is 0.595. The zero-order valence-electron chi connectivity index (χ0n) is 16.1. The first-order valence-corrected chi connectivity index (χ1v) is 9.93. The van der Waals surface area contributed by atoms with Crippen LogP contribution in [-0.2, 0) is 13.6 Å². The van der Waals surface area contributed by atoms with Crippen molar-refractivity contribution in [3.63, 3.8) is 0 Å². The van der Waals surface area contributed by atoms with Crippen molar-refractivity contribution >= 4 is 11.8 Å². The number of nitrogens with one attached hydrogen (secondary N) is 1. The van der Waals surface area contributed by atoms with Crippen LogP contribution in [0.5, 0.6) is 11.5 Å². The van der Waals surface area contributed by atoms with Crippen LogP contribution in [0.1, 0.15) is 23.0 Å². The molecule has 1 heterocycles. The minimum atomic E-state index is -0.0887. The number of aryl methyl sites for hydroxylation is 1. The summed E-state index contributed by atoms with van der Waals surface area (Å²) in [6.07, 6.45) is 5.85. The van der Waals surface area contributed by atoms with Crippen molar-refractivity contribution in [2.24, 2.45) is 7.05 Å². The van der Waals surface area contributed by atoms with E-state index >= 15 is 0 Å². The van der Waals surface area contributed by atoms with E-state index in [-0.39, 0.29) is 6.04 Å². The maximum atomic E-state index is 5.45. The average molecular weight is 384 g/mol. The molecule has 3 aromatic rings. The molecule has 5 nitrogen and oxygen atoms in total. The molecule has 0 aliphatic heterocycles. The summed E-state index contributed by atoms with van der Waals surface area (Å²) in [5, 5.41) is 3.63. The van der Waals surface area contributed by atoms with Crippen LogP contribution in [0.2, 0.25) is 0 Å². The van der Waals surface area contributed by atoms with E-state index in [0.29, 0.717) is 0 Å². The standard InChI is InChI=1S/C21H25N3O2S/c1-24-10-9-22-21(24)20(16-11-17(25-2)13-18(12-16)26-3)23-14-15-5-7-19(27-4)8-6-15/h5-13,20,23H,14H2,1-4H3. The van der Waals surface area contributed by atoms with Crippen LogP contribution >= 0.6 is 11.8 Å². The Morgan fingerprint density at radius 1 is 1.07 bits per heavy atom. The molecule has 0 bridgehead atoms. The number of methoxy groups -OCH3 is 2. The van der Waals surface area contributed by atoms with Gasteiger partial charge in [-0.05, 0) is 41.6 Å². The molecular weight excluding hydrogens is 358 g/mol. The summed E-state index contributed by atoms with van der Waals surface area (Å²) in [4.78, 5) is 5.82. The van der Waals surface area contributed by atoms with Crippen molar-refractivity contribution in [1.29, 1.82) is 0 Å². The highest BCUT2D eigenvalue weighted by Crippen LogP contribution is 2.29. The first-order valence-electron chi connectivity index (χ1n) is 8.71. The van der Waals surface area contributed by atoms with Gasteiger partial charge in [-0.25, -0.2) is 4.98 Å². The van der Waals surface area contributed by atoms with Crippen LogP contribution in [0.15, 0.2) is 59.8 Å². The van der Waals surface area contributed by atoms with Gasteiger partial charge < -0.3 is 14.0 Å². The van der Waals surface area contributed by atoms with Crippen molar-refractivity contribution in [3.05, 3.63) is 71.8 Å². The molecule has 0 saturated heterocycles.